The van der Waals surface area contributed by atoms with E-state index >= 15 is 0 Å². The first-order valence-electron chi connectivity index (χ1n) is 7.72. The number of aryl methyl sites for hydroxylation is 1. The Morgan fingerprint density at radius 1 is 1.54 bits per heavy atom. The van der Waals surface area contributed by atoms with Gasteiger partial charge in [-0.1, -0.05) is 29.8 Å². The third kappa shape index (κ3) is 5.44. The Balaban J connectivity index is 1.91. The van der Waals surface area contributed by atoms with Crippen molar-refractivity contribution in [3.05, 3.63) is 58.1 Å². The van der Waals surface area contributed by atoms with Gasteiger partial charge < -0.3 is 4.74 Å². The Bertz CT molecular complexity index is 715. The summed E-state index contributed by atoms with van der Waals surface area (Å²) in [6.45, 7) is 7.80. The minimum atomic E-state index is -0.520. The van der Waals surface area contributed by atoms with Crippen LogP contribution < -0.4 is 5.32 Å². The van der Waals surface area contributed by atoms with Crippen LogP contribution in [0.4, 0.5) is 5.13 Å². The highest BCUT2D eigenvalue weighted by Gasteiger charge is 2.15. The zero-order valence-electron chi connectivity index (χ0n) is 13.8. The van der Waals surface area contributed by atoms with Crippen LogP contribution in [0.1, 0.15) is 29.3 Å². The number of amides is 1. The quantitative estimate of drug-likeness (QED) is 0.549. The summed E-state index contributed by atoms with van der Waals surface area (Å²) < 4.78 is 5.42. The molecule has 0 aliphatic heterocycles. The summed E-state index contributed by atoms with van der Waals surface area (Å²) in [5, 5.41) is 4.12. The van der Waals surface area contributed by atoms with E-state index in [2.05, 4.69) is 22.9 Å². The molecule has 4 nitrogen and oxygen atoms in total. The van der Waals surface area contributed by atoms with Crippen LogP contribution in [0.25, 0.3) is 0 Å². The van der Waals surface area contributed by atoms with Crippen LogP contribution in [0, 0.1) is 6.92 Å². The smallest absolute Gasteiger partial charge is 0.254 e. The highest BCUT2D eigenvalue weighted by Crippen LogP contribution is 2.24. The lowest BCUT2D eigenvalue weighted by Gasteiger charge is -2.11. The van der Waals surface area contributed by atoms with Crippen LogP contribution in [0.3, 0.4) is 0 Å². The fourth-order valence-corrected chi connectivity index (χ4v) is 3.06. The van der Waals surface area contributed by atoms with Crippen molar-refractivity contribution in [2.45, 2.75) is 32.8 Å². The maximum absolute atomic E-state index is 12.0. The first-order valence-corrected chi connectivity index (χ1v) is 8.92. The largest absolute Gasteiger partial charge is 0.368 e. The van der Waals surface area contributed by atoms with Crippen LogP contribution >= 0.6 is 22.9 Å². The van der Waals surface area contributed by atoms with E-state index in [1.807, 2.05) is 19.1 Å². The van der Waals surface area contributed by atoms with Crippen LogP contribution in [0.15, 0.2) is 37.1 Å². The number of nitrogens with zero attached hydrogens (tertiary/aromatic N) is 1. The normalized spacial score (nSPS) is 12.0. The standard InChI is InChI=1S/C18H21ClN2O2S/c1-4-5-8-23-13(3)17(22)21-18-20-11-15(24-18)9-14-7-6-12(2)16(19)10-14/h4,6-7,10-11,13H,1,5,8-9H2,2-3H3,(H,20,21,22). The predicted molar refractivity (Wildman–Crippen MR) is 100.0 cm³/mol. The molecule has 0 saturated carbocycles. The Morgan fingerprint density at radius 2 is 2.33 bits per heavy atom. The van der Waals surface area contributed by atoms with Gasteiger partial charge in [-0.25, -0.2) is 4.98 Å². The number of anilines is 1. The van der Waals surface area contributed by atoms with E-state index in [1.165, 1.54) is 11.3 Å². The van der Waals surface area contributed by atoms with Gasteiger partial charge in [0.05, 0.1) is 6.61 Å². The van der Waals surface area contributed by atoms with Gasteiger partial charge in [0.2, 0.25) is 0 Å². The van der Waals surface area contributed by atoms with Crippen LogP contribution in [-0.4, -0.2) is 23.6 Å². The molecule has 128 valence electrons. The molecule has 2 aromatic rings. The maximum Gasteiger partial charge on any atom is 0.254 e. The van der Waals surface area contributed by atoms with E-state index in [-0.39, 0.29) is 5.91 Å². The number of carbonyl (C=O) groups is 1. The summed E-state index contributed by atoms with van der Waals surface area (Å²) in [5.41, 5.74) is 2.18. The van der Waals surface area contributed by atoms with E-state index in [4.69, 9.17) is 16.3 Å². The van der Waals surface area contributed by atoms with E-state index in [0.29, 0.717) is 11.7 Å². The number of hydrogen-bond donors (Lipinski definition) is 1. The Morgan fingerprint density at radius 3 is 3.04 bits per heavy atom. The Hall–Kier alpha value is -1.69. The van der Waals surface area contributed by atoms with Crippen LogP contribution in [0.2, 0.25) is 5.02 Å². The number of ether oxygens (including phenoxy) is 1. The number of hydrogen-bond acceptors (Lipinski definition) is 4. The van der Waals surface area contributed by atoms with Gasteiger partial charge in [-0.3, -0.25) is 10.1 Å². The van der Waals surface area contributed by atoms with Gasteiger partial charge in [0.15, 0.2) is 5.13 Å². The molecule has 1 atom stereocenters. The SMILES string of the molecule is C=CCCOC(C)C(=O)Nc1ncc(Cc2ccc(C)c(Cl)c2)s1. The van der Waals surface area contributed by atoms with E-state index in [1.54, 1.807) is 19.2 Å². The molecular formula is C18H21ClN2O2S. The first-order chi connectivity index (χ1) is 11.5. The molecule has 2 rings (SSSR count). The minimum absolute atomic E-state index is 0.196. The molecule has 6 heteroatoms. The average Bonchev–Trinajstić information content (AvgIpc) is 2.98. The number of halogens is 1. The first kappa shape index (κ1) is 18.6. The fraction of sp³-hybridized carbons (Fsp3) is 0.333. The molecule has 0 fully saturated rings. The number of carbonyl (C=O) groups excluding carboxylic acids is 1. The second-order valence-corrected chi connectivity index (χ2v) is 6.99. The average molecular weight is 365 g/mol. The zero-order chi connectivity index (χ0) is 17.5. The number of aromatic nitrogens is 1. The minimum Gasteiger partial charge on any atom is -0.368 e. The lowest BCUT2D eigenvalue weighted by Crippen LogP contribution is -2.27. The molecule has 1 aromatic heterocycles. The topological polar surface area (TPSA) is 51.2 Å². The number of rotatable bonds is 8. The maximum atomic E-state index is 12.0. The molecule has 1 aromatic carbocycles. The van der Waals surface area contributed by atoms with Crippen LogP contribution in [-0.2, 0) is 16.0 Å². The molecule has 0 radical (unpaired) electrons. The number of thiazole rings is 1. The molecule has 1 amide bonds. The highest BCUT2D eigenvalue weighted by atomic mass is 35.5. The lowest BCUT2D eigenvalue weighted by molar-refractivity contribution is -0.126. The van der Waals surface area contributed by atoms with Crippen molar-refractivity contribution in [3.8, 4) is 0 Å². The molecule has 0 bridgehead atoms. The van der Waals surface area contributed by atoms with Crippen molar-refractivity contribution in [1.29, 1.82) is 0 Å². The third-order valence-corrected chi connectivity index (χ3v) is 4.78. The molecule has 1 heterocycles. The highest BCUT2D eigenvalue weighted by molar-refractivity contribution is 7.15. The third-order valence-electron chi connectivity index (χ3n) is 3.46. The monoisotopic (exact) mass is 364 g/mol. The predicted octanol–water partition coefficient (Wildman–Crippen LogP) is 4.62. The number of nitrogens with one attached hydrogen (secondary N) is 1. The second-order valence-electron chi connectivity index (χ2n) is 5.47. The molecule has 1 unspecified atom stereocenters. The van der Waals surface area contributed by atoms with Crippen LogP contribution in [0.5, 0.6) is 0 Å². The van der Waals surface area contributed by atoms with Gasteiger partial charge in [0.25, 0.3) is 5.91 Å². The fourth-order valence-electron chi connectivity index (χ4n) is 2.01. The molecule has 0 aliphatic rings. The van der Waals surface area contributed by atoms with E-state index in [9.17, 15) is 4.79 Å². The Kier molecular flexibility index (Phi) is 6.97. The zero-order valence-corrected chi connectivity index (χ0v) is 15.4. The van der Waals surface area contributed by atoms with E-state index < -0.39 is 6.10 Å². The van der Waals surface area contributed by atoms with Gasteiger partial charge in [-0.2, -0.15) is 0 Å². The van der Waals surface area contributed by atoms with Crippen molar-refractivity contribution in [3.63, 3.8) is 0 Å². The van der Waals surface area contributed by atoms with Gasteiger partial charge in [0.1, 0.15) is 6.10 Å². The van der Waals surface area contributed by atoms with Gasteiger partial charge in [0, 0.05) is 22.5 Å². The molecule has 1 N–H and O–H groups in total. The van der Waals surface area contributed by atoms with Gasteiger partial charge in [-0.15, -0.1) is 17.9 Å². The summed E-state index contributed by atoms with van der Waals surface area (Å²) in [5.74, 6) is -0.196. The summed E-state index contributed by atoms with van der Waals surface area (Å²) in [6.07, 6.45) is 4.47. The summed E-state index contributed by atoms with van der Waals surface area (Å²) >= 11 is 7.61. The molecular weight excluding hydrogens is 344 g/mol. The summed E-state index contributed by atoms with van der Waals surface area (Å²) in [4.78, 5) is 17.4. The molecule has 0 aliphatic carbocycles. The van der Waals surface area contributed by atoms with Crippen molar-refractivity contribution < 1.29 is 9.53 Å². The molecule has 0 spiro atoms. The molecule has 24 heavy (non-hydrogen) atoms. The second kappa shape index (κ2) is 8.97. The lowest BCUT2D eigenvalue weighted by atomic mass is 10.1. The number of benzene rings is 1. The summed E-state index contributed by atoms with van der Waals surface area (Å²) in [7, 11) is 0. The van der Waals surface area contributed by atoms with Crippen molar-refractivity contribution in [2.75, 3.05) is 11.9 Å². The summed E-state index contributed by atoms with van der Waals surface area (Å²) in [6, 6.07) is 6.02. The molecule has 0 saturated heterocycles. The van der Waals surface area contributed by atoms with E-state index in [0.717, 1.165) is 33.9 Å². The van der Waals surface area contributed by atoms with Crippen molar-refractivity contribution in [2.24, 2.45) is 0 Å². The van der Waals surface area contributed by atoms with Gasteiger partial charge in [-0.05, 0) is 37.5 Å². The Labute approximate surface area is 151 Å². The van der Waals surface area contributed by atoms with Crippen molar-refractivity contribution in [1.82, 2.24) is 4.98 Å². The van der Waals surface area contributed by atoms with Gasteiger partial charge >= 0.3 is 0 Å². The van der Waals surface area contributed by atoms with Crippen molar-refractivity contribution >= 4 is 34.0 Å².